The van der Waals surface area contributed by atoms with Gasteiger partial charge in [-0.15, -0.1) is 10.2 Å². The van der Waals surface area contributed by atoms with E-state index < -0.39 is 5.82 Å². The number of para-hydroxylation sites is 1. The number of carbonyl (C=O) groups excluding carboxylic acids is 1. The first-order chi connectivity index (χ1) is 14.7. The van der Waals surface area contributed by atoms with Gasteiger partial charge in [-0.05, 0) is 19.1 Å². The summed E-state index contributed by atoms with van der Waals surface area (Å²) < 4.78 is 20.8. The molecule has 0 spiro atoms. The third kappa shape index (κ3) is 4.23. The smallest absolute Gasteiger partial charge is 0.296 e. The van der Waals surface area contributed by atoms with E-state index in [4.69, 9.17) is 4.52 Å². The van der Waals surface area contributed by atoms with Gasteiger partial charge in [-0.1, -0.05) is 59.4 Å². The zero-order chi connectivity index (χ0) is 20.9. The van der Waals surface area contributed by atoms with Crippen LogP contribution in [0.3, 0.4) is 0 Å². The lowest BCUT2D eigenvalue weighted by Gasteiger charge is -2.07. The molecule has 0 aliphatic rings. The van der Waals surface area contributed by atoms with Crippen LogP contribution < -0.4 is 5.32 Å². The number of halogens is 1. The highest BCUT2D eigenvalue weighted by Crippen LogP contribution is 2.25. The second-order valence-corrected chi connectivity index (χ2v) is 7.10. The van der Waals surface area contributed by atoms with Gasteiger partial charge in [-0.3, -0.25) is 9.36 Å². The maximum Gasteiger partial charge on any atom is 0.296 e. The van der Waals surface area contributed by atoms with Crippen LogP contribution in [0.25, 0.3) is 23.1 Å². The van der Waals surface area contributed by atoms with Crippen LogP contribution in [-0.4, -0.2) is 36.6 Å². The van der Waals surface area contributed by atoms with Gasteiger partial charge in [0.25, 0.3) is 5.89 Å². The summed E-state index contributed by atoms with van der Waals surface area (Å²) in [6.07, 6.45) is 0. The van der Waals surface area contributed by atoms with E-state index in [-0.39, 0.29) is 23.2 Å². The molecule has 4 rings (SSSR count). The van der Waals surface area contributed by atoms with Gasteiger partial charge in [0, 0.05) is 12.1 Å². The Bertz CT molecular complexity index is 1160. The Hall–Kier alpha value is -3.53. The van der Waals surface area contributed by atoms with Crippen molar-refractivity contribution in [3.05, 3.63) is 60.4 Å². The van der Waals surface area contributed by atoms with E-state index in [9.17, 15) is 9.18 Å². The number of carbonyl (C=O) groups is 1. The molecule has 0 saturated heterocycles. The predicted octanol–water partition coefficient (Wildman–Crippen LogP) is 3.88. The Morgan fingerprint density at radius 2 is 1.90 bits per heavy atom. The van der Waals surface area contributed by atoms with Crippen molar-refractivity contribution in [1.29, 1.82) is 0 Å². The van der Waals surface area contributed by atoms with Crippen LogP contribution in [0.15, 0.2) is 64.3 Å². The van der Waals surface area contributed by atoms with Gasteiger partial charge in [0.1, 0.15) is 5.82 Å². The molecule has 2 heterocycles. The molecule has 0 unspecified atom stereocenters. The molecular weight excluding hydrogens is 407 g/mol. The van der Waals surface area contributed by atoms with Crippen LogP contribution in [0.4, 0.5) is 10.1 Å². The molecule has 30 heavy (non-hydrogen) atoms. The zero-order valence-electron chi connectivity index (χ0n) is 15.9. The minimum atomic E-state index is -0.486. The molecule has 8 nitrogen and oxygen atoms in total. The fourth-order valence-corrected chi connectivity index (χ4v) is 3.54. The topological polar surface area (TPSA) is 98.7 Å². The van der Waals surface area contributed by atoms with E-state index in [2.05, 4.69) is 25.7 Å². The number of rotatable bonds is 7. The van der Waals surface area contributed by atoms with Crippen LogP contribution in [0.5, 0.6) is 0 Å². The SMILES string of the molecule is CCn1c(SCC(=O)Nc2ccccc2F)nnc1-c1nc(-c2ccccc2)no1. The molecule has 1 N–H and O–H groups in total. The first-order valence-electron chi connectivity index (χ1n) is 9.15. The largest absolute Gasteiger partial charge is 0.330 e. The van der Waals surface area contributed by atoms with Crippen LogP contribution >= 0.6 is 11.8 Å². The number of benzene rings is 2. The van der Waals surface area contributed by atoms with Gasteiger partial charge >= 0.3 is 0 Å². The monoisotopic (exact) mass is 424 g/mol. The van der Waals surface area contributed by atoms with E-state index in [1.165, 1.54) is 23.9 Å². The number of aromatic nitrogens is 5. The third-order valence-electron chi connectivity index (χ3n) is 4.16. The standard InChI is InChI=1S/C20H17FN6O2S/c1-2-27-18(19-23-17(26-29-19)13-8-4-3-5-9-13)24-25-20(27)30-12-16(28)22-15-11-7-6-10-14(15)21/h3-11H,2,12H2,1H3,(H,22,28). The Labute approximate surface area is 175 Å². The summed E-state index contributed by atoms with van der Waals surface area (Å²) in [7, 11) is 0. The van der Waals surface area contributed by atoms with Crippen LogP contribution in [0.2, 0.25) is 0 Å². The Morgan fingerprint density at radius 1 is 1.13 bits per heavy atom. The van der Waals surface area contributed by atoms with Crippen LogP contribution in [0.1, 0.15) is 6.92 Å². The Balaban J connectivity index is 1.47. The van der Waals surface area contributed by atoms with E-state index in [1.807, 2.05) is 37.3 Å². The summed E-state index contributed by atoms with van der Waals surface area (Å²) in [6, 6.07) is 15.5. The lowest BCUT2D eigenvalue weighted by Crippen LogP contribution is -2.15. The fraction of sp³-hybridized carbons (Fsp3) is 0.150. The number of anilines is 1. The second-order valence-electron chi connectivity index (χ2n) is 6.16. The Morgan fingerprint density at radius 3 is 2.67 bits per heavy atom. The van der Waals surface area contributed by atoms with Crippen molar-refractivity contribution in [2.24, 2.45) is 0 Å². The molecule has 0 radical (unpaired) electrons. The normalized spacial score (nSPS) is 10.9. The number of nitrogens with zero attached hydrogens (tertiary/aromatic N) is 5. The van der Waals surface area contributed by atoms with Crippen molar-refractivity contribution < 1.29 is 13.7 Å². The number of hydrogen-bond donors (Lipinski definition) is 1. The zero-order valence-corrected chi connectivity index (χ0v) is 16.8. The molecule has 152 valence electrons. The molecule has 2 aromatic carbocycles. The summed E-state index contributed by atoms with van der Waals surface area (Å²) in [5, 5.41) is 15.4. The van der Waals surface area contributed by atoms with Crippen molar-refractivity contribution in [1.82, 2.24) is 24.9 Å². The van der Waals surface area contributed by atoms with Gasteiger partial charge < -0.3 is 9.84 Å². The summed E-state index contributed by atoms with van der Waals surface area (Å²) in [4.78, 5) is 16.6. The van der Waals surface area contributed by atoms with Crippen molar-refractivity contribution in [2.75, 3.05) is 11.1 Å². The van der Waals surface area contributed by atoms with E-state index in [0.717, 1.165) is 5.56 Å². The van der Waals surface area contributed by atoms with Gasteiger partial charge in [0.05, 0.1) is 11.4 Å². The highest BCUT2D eigenvalue weighted by Gasteiger charge is 2.20. The molecule has 0 saturated carbocycles. The van der Waals surface area contributed by atoms with Crippen LogP contribution in [-0.2, 0) is 11.3 Å². The molecule has 0 aliphatic heterocycles. The second kappa shape index (κ2) is 8.87. The average molecular weight is 424 g/mol. The highest BCUT2D eigenvalue weighted by atomic mass is 32.2. The lowest BCUT2D eigenvalue weighted by atomic mass is 10.2. The van der Waals surface area contributed by atoms with Gasteiger partial charge in [-0.2, -0.15) is 4.98 Å². The molecule has 4 aromatic rings. The molecular formula is C20H17FN6O2S. The third-order valence-corrected chi connectivity index (χ3v) is 5.13. The number of hydrogen-bond acceptors (Lipinski definition) is 7. The Kier molecular flexibility index (Phi) is 5.84. The average Bonchev–Trinajstić information content (AvgIpc) is 3.41. The summed E-state index contributed by atoms with van der Waals surface area (Å²) >= 11 is 1.19. The van der Waals surface area contributed by atoms with Gasteiger partial charge in [0.15, 0.2) is 5.16 Å². The quantitative estimate of drug-likeness (QED) is 0.450. The van der Waals surface area contributed by atoms with E-state index in [0.29, 0.717) is 23.4 Å². The van der Waals surface area contributed by atoms with Gasteiger partial charge in [0.2, 0.25) is 17.6 Å². The molecule has 0 aliphatic carbocycles. The fourth-order valence-electron chi connectivity index (χ4n) is 2.74. The molecule has 10 heteroatoms. The van der Waals surface area contributed by atoms with E-state index in [1.54, 1.807) is 16.7 Å². The van der Waals surface area contributed by atoms with Crippen molar-refractivity contribution in [3.63, 3.8) is 0 Å². The van der Waals surface area contributed by atoms with Gasteiger partial charge in [-0.25, -0.2) is 4.39 Å². The first-order valence-corrected chi connectivity index (χ1v) is 10.1. The highest BCUT2D eigenvalue weighted by molar-refractivity contribution is 7.99. The summed E-state index contributed by atoms with van der Waals surface area (Å²) in [6.45, 7) is 2.47. The van der Waals surface area contributed by atoms with Crippen molar-refractivity contribution >= 4 is 23.4 Å². The number of amides is 1. The number of nitrogens with one attached hydrogen (secondary N) is 1. The van der Waals surface area contributed by atoms with Crippen LogP contribution in [0, 0.1) is 5.82 Å². The number of thioether (sulfide) groups is 1. The molecule has 2 aromatic heterocycles. The lowest BCUT2D eigenvalue weighted by molar-refractivity contribution is -0.113. The predicted molar refractivity (Wildman–Crippen MR) is 110 cm³/mol. The molecule has 0 atom stereocenters. The molecule has 1 amide bonds. The van der Waals surface area contributed by atoms with Crippen molar-refractivity contribution in [3.8, 4) is 23.1 Å². The molecule has 0 bridgehead atoms. The maximum atomic E-state index is 13.7. The van der Waals surface area contributed by atoms with Crippen molar-refractivity contribution in [2.45, 2.75) is 18.6 Å². The minimum absolute atomic E-state index is 0.0472. The van der Waals surface area contributed by atoms with E-state index >= 15 is 0 Å². The maximum absolute atomic E-state index is 13.7. The molecule has 0 fully saturated rings. The summed E-state index contributed by atoms with van der Waals surface area (Å²) in [5.41, 5.74) is 0.967. The summed E-state index contributed by atoms with van der Waals surface area (Å²) in [5.74, 6) is 0.331. The minimum Gasteiger partial charge on any atom is -0.330 e. The first kappa shape index (κ1) is 19.8.